The quantitative estimate of drug-likeness (QED) is 0.477. The lowest BCUT2D eigenvalue weighted by Gasteiger charge is -2.09. The molecular formula is C7H13ClO. The van der Waals surface area contributed by atoms with Gasteiger partial charge in [0.05, 0.1) is 11.5 Å². The average molecular weight is 149 g/mol. The van der Waals surface area contributed by atoms with Crippen molar-refractivity contribution in [2.45, 2.75) is 31.2 Å². The Morgan fingerprint density at radius 1 is 1.78 bits per heavy atom. The van der Waals surface area contributed by atoms with Gasteiger partial charge >= 0.3 is 0 Å². The number of aliphatic hydroxyl groups is 1. The van der Waals surface area contributed by atoms with Gasteiger partial charge in [-0.1, -0.05) is 6.08 Å². The normalized spacial score (nSPS) is 16.8. The van der Waals surface area contributed by atoms with E-state index in [1.54, 1.807) is 13.0 Å². The maximum Gasteiger partial charge on any atom is 0.0704 e. The van der Waals surface area contributed by atoms with Gasteiger partial charge in [-0.2, -0.15) is 0 Å². The Balaban J connectivity index is 3.26. The Morgan fingerprint density at radius 2 is 2.33 bits per heavy atom. The molecule has 2 heteroatoms. The zero-order valence-electron chi connectivity index (χ0n) is 5.68. The summed E-state index contributed by atoms with van der Waals surface area (Å²) in [5.74, 6) is 0. The highest BCUT2D eigenvalue weighted by molar-refractivity contribution is 6.20. The number of allylic oxidation sites excluding steroid dienone is 1. The predicted octanol–water partition coefficient (Wildman–Crippen LogP) is 1.94. The van der Waals surface area contributed by atoms with Crippen molar-refractivity contribution in [1.82, 2.24) is 0 Å². The number of hydrogen-bond acceptors (Lipinski definition) is 1. The number of hydrogen-bond donors (Lipinski definition) is 1. The van der Waals surface area contributed by atoms with Gasteiger partial charge in [-0.05, 0) is 19.8 Å². The van der Waals surface area contributed by atoms with E-state index in [9.17, 15) is 0 Å². The van der Waals surface area contributed by atoms with Crippen LogP contribution in [0.25, 0.3) is 0 Å². The minimum Gasteiger partial charge on any atom is -0.392 e. The summed E-state index contributed by atoms with van der Waals surface area (Å²) in [4.78, 5) is 0. The SMILES string of the molecule is C=CCCC(O)C(C)Cl. The summed E-state index contributed by atoms with van der Waals surface area (Å²) < 4.78 is 0. The first-order valence-electron chi connectivity index (χ1n) is 3.11. The van der Waals surface area contributed by atoms with Crippen LogP contribution < -0.4 is 0 Å². The van der Waals surface area contributed by atoms with Crippen molar-refractivity contribution < 1.29 is 5.11 Å². The highest BCUT2D eigenvalue weighted by atomic mass is 35.5. The molecular weight excluding hydrogens is 136 g/mol. The Labute approximate surface area is 61.3 Å². The summed E-state index contributed by atoms with van der Waals surface area (Å²) in [7, 11) is 0. The Morgan fingerprint density at radius 3 is 2.67 bits per heavy atom. The second kappa shape index (κ2) is 4.83. The summed E-state index contributed by atoms with van der Waals surface area (Å²) in [5.41, 5.74) is 0. The minimum atomic E-state index is -0.385. The molecule has 2 atom stereocenters. The van der Waals surface area contributed by atoms with E-state index < -0.39 is 0 Å². The summed E-state index contributed by atoms with van der Waals surface area (Å²) in [6, 6.07) is 0. The molecule has 0 aromatic rings. The molecule has 0 spiro atoms. The summed E-state index contributed by atoms with van der Waals surface area (Å²) in [5, 5.41) is 8.93. The van der Waals surface area contributed by atoms with Crippen molar-refractivity contribution in [2.24, 2.45) is 0 Å². The van der Waals surface area contributed by atoms with Gasteiger partial charge < -0.3 is 5.11 Å². The van der Waals surface area contributed by atoms with Crippen LogP contribution in [-0.2, 0) is 0 Å². The van der Waals surface area contributed by atoms with Gasteiger partial charge in [-0.3, -0.25) is 0 Å². The zero-order valence-corrected chi connectivity index (χ0v) is 6.43. The standard InChI is InChI=1S/C7H13ClO/c1-3-4-5-7(9)6(2)8/h3,6-7,9H,1,4-5H2,2H3. The van der Waals surface area contributed by atoms with E-state index in [2.05, 4.69) is 6.58 Å². The van der Waals surface area contributed by atoms with E-state index >= 15 is 0 Å². The van der Waals surface area contributed by atoms with Crippen molar-refractivity contribution in [3.63, 3.8) is 0 Å². The van der Waals surface area contributed by atoms with Crippen molar-refractivity contribution in [3.05, 3.63) is 12.7 Å². The van der Waals surface area contributed by atoms with Crippen LogP contribution in [0.5, 0.6) is 0 Å². The van der Waals surface area contributed by atoms with Crippen molar-refractivity contribution >= 4 is 11.6 Å². The molecule has 0 aromatic heterocycles. The zero-order chi connectivity index (χ0) is 7.28. The van der Waals surface area contributed by atoms with Crippen LogP contribution in [0.3, 0.4) is 0 Å². The van der Waals surface area contributed by atoms with E-state index in [1.807, 2.05) is 0 Å². The molecule has 0 aliphatic carbocycles. The van der Waals surface area contributed by atoms with E-state index in [1.165, 1.54) is 0 Å². The number of alkyl halides is 1. The number of aliphatic hydroxyl groups excluding tert-OH is 1. The van der Waals surface area contributed by atoms with Crippen LogP contribution in [-0.4, -0.2) is 16.6 Å². The molecule has 0 aliphatic heterocycles. The van der Waals surface area contributed by atoms with Gasteiger partial charge in [-0.25, -0.2) is 0 Å². The summed E-state index contributed by atoms with van der Waals surface area (Å²) in [6.45, 7) is 5.32. The van der Waals surface area contributed by atoms with Crippen LogP contribution >= 0.6 is 11.6 Å². The molecule has 0 fully saturated rings. The first-order chi connectivity index (χ1) is 4.18. The monoisotopic (exact) mass is 148 g/mol. The molecule has 0 aromatic carbocycles. The second-order valence-electron chi connectivity index (χ2n) is 2.11. The second-order valence-corrected chi connectivity index (χ2v) is 2.80. The molecule has 1 nitrogen and oxygen atoms in total. The van der Waals surface area contributed by atoms with Crippen molar-refractivity contribution in [3.8, 4) is 0 Å². The largest absolute Gasteiger partial charge is 0.392 e. The Hall–Kier alpha value is -0.0100. The molecule has 0 amide bonds. The Bertz CT molecular complexity index is 81.0. The molecule has 0 rings (SSSR count). The van der Waals surface area contributed by atoms with Crippen molar-refractivity contribution in [2.75, 3.05) is 0 Å². The highest BCUT2D eigenvalue weighted by Gasteiger charge is 2.08. The highest BCUT2D eigenvalue weighted by Crippen LogP contribution is 2.07. The van der Waals surface area contributed by atoms with Gasteiger partial charge in [-0.15, -0.1) is 18.2 Å². The first kappa shape index (κ1) is 8.99. The smallest absolute Gasteiger partial charge is 0.0704 e. The van der Waals surface area contributed by atoms with Gasteiger partial charge in [0, 0.05) is 0 Å². The molecule has 0 bridgehead atoms. The number of halogens is 1. The van der Waals surface area contributed by atoms with Gasteiger partial charge in [0.2, 0.25) is 0 Å². The van der Waals surface area contributed by atoms with Crippen LogP contribution in [0.1, 0.15) is 19.8 Å². The van der Waals surface area contributed by atoms with Gasteiger partial charge in [0.15, 0.2) is 0 Å². The molecule has 1 N–H and O–H groups in total. The van der Waals surface area contributed by atoms with Crippen LogP contribution in [0.2, 0.25) is 0 Å². The molecule has 0 saturated heterocycles. The lowest BCUT2D eigenvalue weighted by atomic mass is 10.1. The number of rotatable bonds is 4. The first-order valence-corrected chi connectivity index (χ1v) is 3.55. The lowest BCUT2D eigenvalue weighted by Crippen LogP contribution is -2.16. The van der Waals surface area contributed by atoms with E-state index in [4.69, 9.17) is 16.7 Å². The topological polar surface area (TPSA) is 20.2 Å². The molecule has 0 aliphatic rings. The lowest BCUT2D eigenvalue weighted by molar-refractivity contribution is 0.165. The van der Waals surface area contributed by atoms with Crippen LogP contribution in [0.4, 0.5) is 0 Å². The fraction of sp³-hybridized carbons (Fsp3) is 0.714. The molecule has 9 heavy (non-hydrogen) atoms. The molecule has 2 unspecified atom stereocenters. The maximum atomic E-state index is 9.08. The third-order valence-electron chi connectivity index (χ3n) is 1.20. The fourth-order valence-corrected chi connectivity index (χ4v) is 0.644. The van der Waals surface area contributed by atoms with Gasteiger partial charge in [0.25, 0.3) is 0 Å². The van der Waals surface area contributed by atoms with Crippen molar-refractivity contribution in [1.29, 1.82) is 0 Å². The maximum absolute atomic E-state index is 9.08. The third kappa shape index (κ3) is 4.49. The van der Waals surface area contributed by atoms with Crippen LogP contribution in [0, 0.1) is 0 Å². The van der Waals surface area contributed by atoms with E-state index in [0.717, 1.165) is 6.42 Å². The fourth-order valence-electron chi connectivity index (χ4n) is 0.518. The third-order valence-corrected chi connectivity index (χ3v) is 1.49. The van der Waals surface area contributed by atoms with Crippen LogP contribution in [0.15, 0.2) is 12.7 Å². The van der Waals surface area contributed by atoms with Gasteiger partial charge in [0.1, 0.15) is 0 Å². The summed E-state index contributed by atoms with van der Waals surface area (Å²) in [6.07, 6.45) is 2.94. The average Bonchev–Trinajstić information content (AvgIpc) is 1.82. The van der Waals surface area contributed by atoms with E-state index in [-0.39, 0.29) is 11.5 Å². The summed E-state index contributed by atoms with van der Waals surface area (Å²) >= 11 is 5.58. The minimum absolute atomic E-state index is 0.148. The Kier molecular flexibility index (Phi) is 4.83. The molecule has 0 saturated carbocycles. The molecule has 0 radical (unpaired) electrons. The molecule has 0 heterocycles. The predicted molar refractivity (Wildman–Crippen MR) is 40.8 cm³/mol. The van der Waals surface area contributed by atoms with E-state index in [0.29, 0.717) is 6.42 Å². The molecule has 54 valence electrons.